The highest BCUT2D eigenvalue weighted by Crippen LogP contribution is 2.51. The van der Waals surface area contributed by atoms with Gasteiger partial charge in [0.2, 0.25) is 0 Å². The van der Waals surface area contributed by atoms with Crippen molar-refractivity contribution in [2.24, 2.45) is 10.5 Å². The summed E-state index contributed by atoms with van der Waals surface area (Å²) < 4.78 is 0. The summed E-state index contributed by atoms with van der Waals surface area (Å²) >= 11 is 0. The third-order valence-corrected chi connectivity index (χ3v) is 5.20. The van der Waals surface area contributed by atoms with Gasteiger partial charge in [-0.2, -0.15) is 0 Å². The summed E-state index contributed by atoms with van der Waals surface area (Å²) in [6.07, 6.45) is 9.36. The molecule has 0 aromatic carbocycles. The minimum absolute atomic E-state index is 0.420. The third-order valence-electron chi connectivity index (χ3n) is 5.20. The van der Waals surface area contributed by atoms with Crippen LogP contribution < -0.4 is 5.32 Å². The summed E-state index contributed by atoms with van der Waals surface area (Å²) in [6.45, 7) is 1.02. The Morgan fingerprint density at radius 1 is 1.20 bits per heavy atom. The summed E-state index contributed by atoms with van der Waals surface area (Å²) in [4.78, 5) is 14.4. The van der Waals surface area contributed by atoms with Crippen LogP contribution in [0.3, 0.4) is 0 Å². The second-order valence-corrected chi connectivity index (χ2v) is 6.33. The van der Waals surface area contributed by atoms with Gasteiger partial charge in [-0.25, -0.2) is 0 Å². The molecular weight excluding hydrogens is 256 g/mol. The van der Waals surface area contributed by atoms with E-state index in [2.05, 4.69) is 15.3 Å². The van der Waals surface area contributed by atoms with Crippen LogP contribution >= 0.6 is 0 Å². The molecule has 0 aromatic heterocycles. The van der Waals surface area contributed by atoms with E-state index in [4.69, 9.17) is 5.53 Å². The van der Waals surface area contributed by atoms with Gasteiger partial charge in [-0.15, -0.1) is 0 Å². The van der Waals surface area contributed by atoms with Crippen molar-refractivity contribution in [1.82, 2.24) is 5.32 Å². The fourth-order valence-electron chi connectivity index (χ4n) is 3.82. The van der Waals surface area contributed by atoms with Gasteiger partial charge in [0.1, 0.15) is 5.54 Å². The maximum Gasteiger partial charge on any atom is 0.323 e. The van der Waals surface area contributed by atoms with Gasteiger partial charge in [-0.05, 0) is 62.4 Å². The molecule has 0 aromatic rings. The van der Waals surface area contributed by atoms with Crippen molar-refractivity contribution in [2.75, 3.05) is 13.1 Å². The second kappa shape index (κ2) is 6.46. The molecule has 0 unspecified atom stereocenters. The number of hydrogen-bond acceptors (Lipinski definition) is 3. The van der Waals surface area contributed by atoms with E-state index >= 15 is 0 Å². The molecule has 0 heterocycles. The van der Waals surface area contributed by atoms with Crippen molar-refractivity contribution in [3.63, 3.8) is 0 Å². The number of hydrogen-bond donors (Lipinski definition) is 2. The smallest absolute Gasteiger partial charge is 0.323 e. The molecule has 6 nitrogen and oxygen atoms in total. The summed E-state index contributed by atoms with van der Waals surface area (Å²) in [6, 6.07) is 0. The molecule has 0 atom stereocenters. The lowest BCUT2D eigenvalue weighted by Crippen LogP contribution is -2.55. The van der Waals surface area contributed by atoms with Gasteiger partial charge >= 0.3 is 5.97 Å². The first kappa shape index (κ1) is 15.1. The Kier molecular flexibility index (Phi) is 4.89. The van der Waals surface area contributed by atoms with Gasteiger partial charge in [0.25, 0.3) is 0 Å². The van der Waals surface area contributed by atoms with E-state index in [0.717, 1.165) is 25.7 Å². The first-order valence-electron chi connectivity index (χ1n) is 7.62. The minimum atomic E-state index is -0.760. The van der Waals surface area contributed by atoms with Crippen LogP contribution in [0.2, 0.25) is 0 Å². The molecule has 2 N–H and O–H groups in total. The van der Waals surface area contributed by atoms with E-state index in [0.29, 0.717) is 24.9 Å². The second-order valence-electron chi connectivity index (χ2n) is 6.33. The van der Waals surface area contributed by atoms with Crippen LogP contribution in [0.5, 0.6) is 0 Å². The predicted octanol–water partition coefficient (Wildman–Crippen LogP) is 3.23. The predicted molar refractivity (Wildman–Crippen MR) is 76.4 cm³/mol. The lowest BCUT2D eigenvalue weighted by Gasteiger charge is -2.43. The van der Waals surface area contributed by atoms with Crippen molar-refractivity contribution in [3.05, 3.63) is 10.4 Å². The van der Waals surface area contributed by atoms with Crippen LogP contribution in [0.1, 0.15) is 57.8 Å². The van der Waals surface area contributed by atoms with Crippen molar-refractivity contribution in [3.8, 4) is 0 Å². The summed E-state index contributed by atoms with van der Waals surface area (Å²) in [5.74, 6) is -0.728. The number of rotatable bonds is 6. The third kappa shape index (κ3) is 3.25. The van der Waals surface area contributed by atoms with E-state index < -0.39 is 11.5 Å². The minimum Gasteiger partial charge on any atom is -0.480 e. The van der Waals surface area contributed by atoms with Gasteiger partial charge in [0.05, 0.1) is 0 Å². The van der Waals surface area contributed by atoms with Crippen LogP contribution in [0.4, 0.5) is 0 Å². The zero-order valence-electron chi connectivity index (χ0n) is 12.0. The van der Waals surface area contributed by atoms with Crippen LogP contribution in [-0.4, -0.2) is 29.7 Å². The van der Waals surface area contributed by atoms with Crippen molar-refractivity contribution in [2.45, 2.75) is 63.3 Å². The Labute approximate surface area is 119 Å². The molecule has 0 aliphatic heterocycles. The van der Waals surface area contributed by atoms with Gasteiger partial charge in [-0.3, -0.25) is 4.79 Å². The first-order valence-corrected chi connectivity index (χ1v) is 7.62. The average Bonchev–Trinajstić information content (AvgIpc) is 2.89. The molecule has 0 amide bonds. The van der Waals surface area contributed by atoms with Crippen LogP contribution in [0.15, 0.2) is 5.11 Å². The number of carboxylic acid groups (broad SMARTS) is 1. The van der Waals surface area contributed by atoms with E-state index in [9.17, 15) is 9.90 Å². The number of nitrogens with one attached hydrogen (secondary N) is 1. The average molecular weight is 280 g/mol. The maximum atomic E-state index is 11.7. The van der Waals surface area contributed by atoms with Gasteiger partial charge in [0, 0.05) is 11.5 Å². The first-order chi connectivity index (χ1) is 9.63. The Bertz CT molecular complexity index is 388. The van der Waals surface area contributed by atoms with E-state index in [1.807, 2.05) is 0 Å². The van der Waals surface area contributed by atoms with E-state index in [1.54, 1.807) is 0 Å². The van der Waals surface area contributed by atoms with Crippen LogP contribution in [-0.2, 0) is 4.79 Å². The van der Waals surface area contributed by atoms with Crippen molar-refractivity contribution in [1.29, 1.82) is 0 Å². The molecule has 0 bridgehead atoms. The Balaban J connectivity index is 1.87. The Morgan fingerprint density at radius 2 is 1.85 bits per heavy atom. The quantitative estimate of drug-likeness (QED) is 0.338. The zero-order chi connectivity index (χ0) is 14.5. The number of aliphatic carboxylic acids is 1. The number of carboxylic acids is 1. The molecule has 20 heavy (non-hydrogen) atoms. The molecule has 2 aliphatic carbocycles. The largest absolute Gasteiger partial charge is 0.480 e. The van der Waals surface area contributed by atoms with E-state index in [1.165, 1.54) is 25.7 Å². The molecule has 0 saturated heterocycles. The molecule has 2 aliphatic rings. The standard InChI is InChI=1S/C14H24N4O2/c15-18-17-11-3-10-16-14(12(19)20)8-6-13(7-9-14)4-1-2-5-13/h16H,1-11H2,(H,19,20). The molecule has 2 rings (SSSR count). The zero-order valence-corrected chi connectivity index (χ0v) is 12.0. The Morgan fingerprint density at radius 3 is 2.40 bits per heavy atom. The lowest BCUT2D eigenvalue weighted by molar-refractivity contribution is -0.147. The topological polar surface area (TPSA) is 98.1 Å². The van der Waals surface area contributed by atoms with Crippen LogP contribution in [0.25, 0.3) is 10.4 Å². The molecule has 112 valence electrons. The molecule has 6 heteroatoms. The normalized spacial score (nSPS) is 23.4. The summed E-state index contributed by atoms with van der Waals surface area (Å²) in [5, 5.41) is 16.3. The highest BCUT2D eigenvalue weighted by Gasteiger charge is 2.47. The molecule has 0 radical (unpaired) electrons. The number of nitrogens with zero attached hydrogens (tertiary/aromatic N) is 3. The molecule has 2 saturated carbocycles. The molecule has 1 spiro atoms. The lowest BCUT2D eigenvalue weighted by atomic mass is 9.66. The van der Waals surface area contributed by atoms with E-state index in [-0.39, 0.29) is 0 Å². The fraction of sp³-hybridized carbons (Fsp3) is 0.929. The number of carbonyl (C=O) groups is 1. The van der Waals surface area contributed by atoms with Gasteiger partial charge < -0.3 is 10.4 Å². The molecule has 2 fully saturated rings. The van der Waals surface area contributed by atoms with Crippen LogP contribution in [0, 0.1) is 5.41 Å². The van der Waals surface area contributed by atoms with Crippen molar-refractivity contribution >= 4 is 5.97 Å². The highest BCUT2D eigenvalue weighted by atomic mass is 16.4. The van der Waals surface area contributed by atoms with Crippen molar-refractivity contribution < 1.29 is 9.90 Å². The maximum absolute atomic E-state index is 11.7. The van der Waals surface area contributed by atoms with Gasteiger partial charge in [-0.1, -0.05) is 18.0 Å². The fourth-order valence-corrected chi connectivity index (χ4v) is 3.82. The summed E-state index contributed by atoms with van der Waals surface area (Å²) in [5.41, 5.74) is 7.89. The highest BCUT2D eigenvalue weighted by molar-refractivity contribution is 5.79. The summed E-state index contributed by atoms with van der Waals surface area (Å²) in [7, 11) is 0. The molecular formula is C14H24N4O2. The SMILES string of the molecule is [N-]=[N+]=NCCCNC1(C(=O)O)CCC2(CCCC2)CC1. The van der Waals surface area contributed by atoms with Gasteiger partial charge in [0.15, 0.2) is 0 Å². The Hall–Kier alpha value is -1.26. The monoisotopic (exact) mass is 280 g/mol. The number of azide groups is 1.